The smallest absolute Gasteiger partial charge is 0.137 e. The summed E-state index contributed by atoms with van der Waals surface area (Å²) >= 11 is 1.79. The zero-order valence-electron chi connectivity index (χ0n) is 30.8. The van der Waals surface area contributed by atoms with E-state index in [2.05, 4.69) is 157 Å². The van der Waals surface area contributed by atoms with E-state index >= 15 is 0 Å². The number of rotatable bonds is 6. The lowest BCUT2D eigenvalue weighted by Crippen LogP contribution is -2.19. The number of para-hydroxylation sites is 1. The van der Waals surface area contributed by atoms with Gasteiger partial charge in [-0.25, -0.2) is 9.67 Å². The number of aromatic nitrogens is 4. The van der Waals surface area contributed by atoms with Gasteiger partial charge in [0.1, 0.15) is 17.3 Å². The first-order valence-electron chi connectivity index (χ1n) is 17.3. The Balaban J connectivity index is 1.36. The fourth-order valence-corrected chi connectivity index (χ4v) is 7.80. The van der Waals surface area contributed by atoms with E-state index in [1.54, 1.807) is 11.8 Å². The first-order chi connectivity index (χ1) is 23.7. The van der Waals surface area contributed by atoms with Gasteiger partial charge in [0.15, 0.2) is 0 Å². The van der Waals surface area contributed by atoms with Crippen LogP contribution in [0.15, 0.2) is 102 Å². The summed E-state index contributed by atoms with van der Waals surface area (Å²) in [6.07, 6.45) is 4.01. The van der Waals surface area contributed by atoms with E-state index in [4.69, 9.17) is 14.8 Å². The molecule has 0 saturated heterocycles. The van der Waals surface area contributed by atoms with Crippen molar-refractivity contribution in [3.05, 3.63) is 125 Å². The number of thioether (sulfide) groups is 1. The number of aryl methyl sites for hydroxylation is 3. The van der Waals surface area contributed by atoms with Gasteiger partial charge in [0, 0.05) is 50.4 Å². The van der Waals surface area contributed by atoms with Gasteiger partial charge in [-0.1, -0.05) is 65.8 Å². The lowest BCUT2D eigenvalue weighted by atomic mass is 9.79. The Bertz CT molecular complexity index is 2380. The van der Waals surface area contributed by atoms with Crippen LogP contribution in [0.25, 0.3) is 44.4 Å². The van der Waals surface area contributed by atoms with Crippen molar-refractivity contribution in [3.8, 4) is 34.1 Å². The van der Waals surface area contributed by atoms with Gasteiger partial charge in [0.25, 0.3) is 0 Å². The highest BCUT2D eigenvalue weighted by Gasteiger charge is 2.34. The second-order valence-electron chi connectivity index (χ2n) is 15.4. The Labute approximate surface area is 300 Å². The molecule has 3 heterocycles. The fourth-order valence-electron chi connectivity index (χ4n) is 7.21. The summed E-state index contributed by atoms with van der Waals surface area (Å²) in [4.78, 5) is 6.03. The van der Waals surface area contributed by atoms with E-state index in [0.29, 0.717) is 0 Å². The first-order valence-corrected chi connectivity index (χ1v) is 18.5. The van der Waals surface area contributed by atoms with Gasteiger partial charge < -0.3 is 4.74 Å². The van der Waals surface area contributed by atoms with Gasteiger partial charge in [-0.05, 0) is 104 Å². The van der Waals surface area contributed by atoms with Crippen molar-refractivity contribution in [2.45, 2.75) is 78.0 Å². The van der Waals surface area contributed by atoms with Gasteiger partial charge in [-0.2, -0.15) is 5.10 Å². The standard InChI is InChI=1S/C44H46N4OS/c1-27-20-21-45-38(22-27)47-36-17-12-11-16-34(36)35-19-18-32(26-37(35)47)49-31-15-13-14-30(25-31)48-42(44(7,8)9)40(41(46-48)43(4,5)6)39-28(2)23-33(50-10)24-29(39)3/h11-26H,1-10H3. The molecule has 0 unspecified atom stereocenters. The molecule has 0 aliphatic heterocycles. The summed E-state index contributed by atoms with van der Waals surface area (Å²) in [5.41, 5.74) is 11.3. The van der Waals surface area contributed by atoms with Crippen LogP contribution < -0.4 is 4.74 Å². The lowest BCUT2D eigenvalue weighted by molar-refractivity contribution is 0.482. The minimum absolute atomic E-state index is 0.175. The van der Waals surface area contributed by atoms with Crippen LogP contribution in [0.5, 0.6) is 11.5 Å². The van der Waals surface area contributed by atoms with Gasteiger partial charge in [0.2, 0.25) is 0 Å². The van der Waals surface area contributed by atoms with Crippen molar-refractivity contribution < 1.29 is 4.74 Å². The van der Waals surface area contributed by atoms with Gasteiger partial charge in [-0.3, -0.25) is 4.57 Å². The molecule has 0 aliphatic carbocycles. The Morgan fingerprint density at radius 2 is 1.36 bits per heavy atom. The van der Waals surface area contributed by atoms with E-state index in [1.807, 2.05) is 18.3 Å². The molecule has 0 fully saturated rings. The molecule has 0 radical (unpaired) electrons. The highest BCUT2D eigenvalue weighted by Crippen LogP contribution is 2.45. The number of ether oxygens (including phenoxy) is 1. The molecule has 0 atom stereocenters. The van der Waals surface area contributed by atoms with Gasteiger partial charge in [-0.15, -0.1) is 11.8 Å². The zero-order chi connectivity index (χ0) is 35.5. The van der Waals surface area contributed by atoms with Gasteiger partial charge >= 0.3 is 0 Å². The van der Waals surface area contributed by atoms with Crippen LogP contribution in [0.1, 0.15) is 69.6 Å². The molecule has 254 valence electrons. The van der Waals surface area contributed by atoms with Crippen LogP contribution in [0.4, 0.5) is 0 Å². The summed E-state index contributed by atoms with van der Waals surface area (Å²) < 4.78 is 11.0. The van der Waals surface area contributed by atoms with E-state index in [0.717, 1.165) is 45.1 Å². The van der Waals surface area contributed by atoms with Crippen molar-refractivity contribution in [2.75, 3.05) is 6.26 Å². The van der Waals surface area contributed by atoms with Crippen molar-refractivity contribution in [1.29, 1.82) is 0 Å². The van der Waals surface area contributed by atoms with Crippen LogP contribution in [-0.2, 0) is 10.8 Å². The molecule has 4 aromatic carbocycles. The predicted octanol–water partition coefficient (Wildman–Crippen LogP) is 12.1. The summed E-state index contributed by atoms with van der Waals surface area (Å²) in [5.74, 6) is 2.41. The van der Waals surface area contributed by atoms with Crippen LogP contribution in [-0.4, -0.2) is 25.6 Å². The van der Waals surface area contributed by atoms with E-state index in [9.17, 15) is 0 Å². The first kappa shape index (κ1) is 33.7. The van der Waals surface area contributed by atoms with E-state index in [1.165, 1.54) is 43.8 Å². The molecule has 6 heteroatoms. The summed E-state index contributed by atoms with van der Waals surface area (Å²) in [5, 5.41) is 7.78. The largest absolute Gasteiger partial charge is 0.457 e. The molecule has 7 aromatic rings. The Morgan fingerprint density at radius 1 is 0.660 bits per heavy atom. The minimum Gasteiger partial charge on any atom is -0.457 e. The minimum atomic E-state index is -0.192. The maximum absolute atomic E-state index is 6.66. The van der Waals surface area contributed by atoms with Crippen LogP contribution in [0, 0.1) is 20.8 Å². The third-order valence-electron chi connectivity index (χ3n) is 9.37. The Kier molecular flexibility index (Phi) is 8.42. The summed E-state index contributed by atoms with van der Waals surface area (Å²) in [6, 6.07) is 31.9. The van der Waals surface area contributed by atoms with Crippen molar-refractivity contribution in [2.24, 2.45) is 0 Å². The average molecular weight is 679 g/mol. The topological polar surface area (TPSA) is 44.9 Å². The van der Waals surface area contributed by atoms with Crippen molar-refractivity contribution in [1.82, 2.24) is 19.3 Å². The third-order valence-corrected chi connectivity index (χ3v) is 10.1. The lowest BCUT2D eigenvalue weighted by Gasteiger charge is -2.26. The molecule has 0 N–H and O–H groups in total. The van der Waals surface area contributed by atoms with E-state index in [-0.39, 0.29) is 10.8 Å². The quantitative estimate of drug-likeness (QED) is 0.164. The highest BCUT2D eigenvalue weighted by atomic mass is 32.2. The molecule has 0 saturated carbocycles. The molecule has 0 aliphatic rings. The maximum Gasteiger partial charge on any atom is 0.137 e. The number of hydrogen-bond acceptors (Lipinski definition) is 4. The number of hydrogen-bond donors (Lipinski definition) is 0. The third kappa shape index (κ3) is 6.00. The number of nitrogens with zero attached hydrogens (tertiary/aromatic N) is 4. The predicted molar refractivity (Wildman–Crippen MR) is 211 cm³/mol. The second kappa shape index (κ2) is 12.5. The second-order valence-corrected chi connectivity index (χ2v) is 16.3. The highest BCUT2D eigenvalue weighted by molar-refractivity contribution is 7.98. The zero-order valence-corrected chi connectivity index (χ0v) is 31.7. The Hall–Kier alpha value is -4.81. The molecule has 0 amide bonds. The fraction of sp³-hybridized carbons (Fsp3) is 0.273. The molecule has 50 heavy (non-hydrogen) atoms. The average Bonchev–Trinajstić information content (AvgIpc) is 3.62. The Morgan fingerprint density at radius 3 is 2.04 bits per heavy atom. The molecule has 7 rings (SSSR count). The molecule has 5 nitrogen and oxygen atoms in total. The van der Waals surface area contributed by atoms with E-state index < -0.39 is 0 Å². The number of benzene rings is 4. The molecule has 0 spiro atoms. The normalized spacial score (nSPS) is 12.3. The maximum atomic E-state index is 6.66. The summed E-state index contributed by atoms with van der Waals surface area (Å²) in [7, 11) is 0. The van der Waals surface area contributed by atoms with Crippen LogP contribution >= 0.6 is 11.8 Å². The number of pyridine rings is 1. The van der Waals surface area contributed by atoms with Crippen LogP contribution in [0.2, 0.25) is 0 Å². The van der Waals surface area contributed by atoms with Crippen molar-refractivity contribution in [3.63, 3.8) is 0 Å². The molecular weight excluding hydrogens is 633 g/mol. The van der Waals surface area contributed by atoms with Gasteiger partial charge in [0.05, 0.1) is 28.1 Å². The SMILES string of the molecule is CSc1cc(C)c(-c2c(C(C)(C)C)nn(-c3cccc(Oc4ccc5c6ccccc6n(-c6cc(C)ccn6)c5c4)c3)c2C(C)(C)C)c(C)c1. The molecular formula is C44H46N4OS. The van der Waals surface area contributed by atoms with Crippen molar-refractivity contribution >= 4 is 33.6 Å². The summed E-state index contributed by atoms with van der Waals surface area (Å²) in [6.45, 7) is 20.2. The molecule has 0 bridgehead atoms. The van der Waals surface area contributed by atoms with Crippen LogP contribution in [0.3, 0.4) is 0 Å². The monoisotopic (exact) mass is 678 g/mol. The number of fused-ring (bicyclic) bond motifs is 3. The molecule has 3 aromatic heterocycles.